The lowest BCUT2D eigenvalue weighted by Crippen LogP contribution is -2.49. The van der Waals surface area contributed by atoms with Crippen molar-refractivity contribution in [3.8, 4) is 11.3 Å². The van der Waals surface area contributed by atoms with Crippen LogP contribution < -0.4 is 5.56 Å². The summed E-state index contributed by atoms with van der Waals surface area (Å²) < 4.78 is 6.79. The zero-order valence-electron chi connectivity index (χ0n) is 14.5. The average Bonchev–Trinajstić information content (AvgIpc) is 2.95. The molecular weight excluding hydrogens is 308 g/mol. The van der Waals surface area contributed by atoms with E-state index in [9.17, 15) is 9.59 Å². The lowest BCUT2D eigenvalue weighted by Gasteiger charge is -2.43. The molecule has 130 valence electrons. The number of methoxy groups -OCH3 is 1. The van der Waals surface area contributed by atoms with Crippen LogP contribution in [0.4, 0.5) is 0 Å². The average molecular weight is 332 g/mol. The molecule has 2 heterocycles. The minimum Gasteiger partial charge on any atom is -0.465 e. The summed E-state index contributed by atoms with van der Waals surface area (Å²) in [4.78, 5) is 26.4. The molecule has 0 saturated heterocycles. The Hall–Kier alpha value is -2.15. The van der Waals surface area contributed by atoms with Crippen LogP contribution in [0.2, 0.25) is 0 Å². The van der Waals surface area contributed by atoms with Gasteiger partial charge in [-0.1, -0.05) is 19.3 Å². The van der Waals surface area contributed by atoms with E-state index in [0.717, 1.165) is 19.4 Å². The second kappa shape index (κ2) is 6.39. The molecule has 0 atom stereocenters. The van der Waals surface area contributed by atoms with Gasteiger partial charge in [-0.25, -0.2) is 9.89 Å². The highest BCUT2D eigenvalue weighted by molar-refractivity contribution is 5.95. The summed E-state index contributed by atoms with van der Waals surface area (Å²) in [6.45, 7) is 0.727. The van der Waals surface area contributed by atoms with Gasteiger partial charge in [0.2, 0.25) is 0 Å². The molecule has 24 heavy (non-hydrogen) atoms. The van der Waals surface area contributed by atoms with Crippen LogP contribution in [-0.2, 0) is 11.3 Å². The molecule has 7 nitrogen and oxygen atoms in total. The first kappa shape index (κ1) is 16.7. The van der Waals surface area contributed by atoms with Crippen LogP contribution in [0.25, 0.3) is 11.3 Å². The van der Waals surface area contributed by atoms with Gasteiger partial charge in [-0.2, -0.15) is 5.10 Å². The third-order valence-corrected chi connectivity index (χ3v) is 5.23. The number of ether oxygens (including phenoxy) is 1. The number of aromatic nitrogens is 3. The van der Waals surface area contributed by atoms with Crippen LogP contribution in [0.5, 0.6) is 0 Å². The van der Waals surface area contributed by atoms with Crippen molar-refractivity contribution in [2.45, 2.75) is 44.2 Å². The molecule has 0 aromatic carbocycles. The lowest BCUT2D eigenvalue weighted by molar-refractivity contribution is 0.0597. The molecule has 3 aliphatic rings. The number of nitrogens with zero attached hydrogens (tertiary/aromatic N) is 3. The van der Waals surface area contributed by atoms with Gasteiger partial charge in [0, 0.05) is 24.5 Å². The Morgan fingerprint density at radius 2 is 2.04 bits per heavy atom. The Morgan fingerprint density at radius 1 is 1.33 bits per heavy atom. The van der Waals surface area contributed by atoms with Gasteiger partial charge in [-0.15, -0.1) is 0 Å². The Balaban J connectivity index is 2.05. The predicted octanol–water partition coefficient (Wildman–Crippen LogP) is 1.73. The largest absolute Gasteiger partial charge is 0.465 e. The number of pyridine rings is 1. The number of likely N-dealkylation sites (N-methyl/N-ethyl adjacent to an activating group) is 1. The number of hydrogen-bond acceptors (Lipinski definition) is 5. The second-order valence-electron chi connectivity index (χ2n) is 6.83. The zero-order chi connectivity index (χ0) is 17.3. The maximum atomic E-state index is 12.1. The molecule has 1 saturated carbocycles. The highest BCUT2D eigenvalue weighted by atomic mass is 16.5. The molecule has 0 unspecified atom stereocenters. The van der Waals surface area contributed by atoms with Crippen molar-refractivity contribution in [1.82, 2.24) is 19.7 Å². The molecule has 1 fully saturated rings. The number of hydrogen-bond donors (Lipinski definition) is 1. The Morgan fingerprint density at radius 3 is 2.67 bits per heavy atom. The predicted molar refractivity (Wildman–Crippen MR) is 90.3 cm³/mol. The molecule has 0 amide bonds. The fraction of sp³-hybridized carbons (Fsp3) is 0.588. The van der Waals surface area contributed by atoms with Gasteiger partial charge in [0.1, 0.15) is 11.3 Å². The number of aromatic amines is 1. The van der Waals surface area contributed by atoms with E-state index in [-0.39, 0.29) is 11.1 Å². The Labute approximate surface area is 140 Å². The normalized spacial score (nSPS) is 17.3. The molecule has 1 N–H and O–H groups in total. The van der Waals surface area contributed by atoms with Crippen molar-refractivity contribution in [1.29, 1.82) is 0 Å². The van der Waals surface area contributed by atoms with Crippen molar-refractivity contribution in [2.24, 2.45) is 0 Å². The molecule has 1 aliphatic carbocycles. The summed E-state index contributed by atoms with van der Waals surface area (Å²) in [5.74, 6) is -0.483. The number of esters is 1. The first-order chi connectivity index (χ1) is 11.5. The first-order valence-corrected chi connectivity index (χ1v) is 8.31. The molecular formula is C17H24N4O3. The van der Waals surface area contributed by atoms with Gasteiger partial charge < -0.3 is 14.2 Å². The van der Waals surface area contributed by atoms with Crippen LogP contribution >= 0.6 is 0 Å². The number of H-pyrrole nitrogens is 1. The number of nitrogens with one attached hydrogen (secondary N) is 1. The van der Waals surface area contributed by atoms with Gasteiger partial charge in [0.05, 0.1) is 12.7 Å². The Kier molecular flexibility index (Phi) is 4.45. The minimum atomic E-state index is -0.483. The standard InChI is InChI=1S/C17H24N4O3/c1-20(2)17(7-5-4-6-8-17)11-21-9-12-14(18-19-15(12)22)13(10-21)16(23)24-3/h9-10H,4-8,11H2,1-3H3,(H,19,22). The third kappa shape index (κ3) is 2.84. The van der Waals surface area contributed by atoms with Gasteiger partial charge in [0.15, 0.2) is 0 Å². The van der Waals surface area contributed by atoms with Crippen LogP contribution in [0.1, 0.15) is 42.5 Å². The molecule has 3 rings (SSSR count). The van der Waals surface area contributed by atoms with Gasteiger partial charge in [-0.3, -0.25) is 4.79 Å². The molecule has 7 heteroatoms. The molecule has 0 radical (unpaired) electrons. The SMILES string of the molecule is COC(=O)c1cn(CC2(N(C)C)CCCCC2)cc2c(=O)[nH]nc1-2. The fourth-order valence-corrected chi connectivity index (χ4v) is 3.74. The highest BCUT2D eigenvalue weighted by Crippen LogP contribution is 2.34. The molecule has 2 aliphatic heterocycles. The van der Waals surface area contributed by atoms with Crippen molar-refractivity contribution in [3.63, 3.8) is 0 Å². The van der Waals surface area contributed by atoms with E-state index in [1.165, 1.54) is 26.4 Å². The monoisotopic (exact) mass is 332 g/mol. The lowest BCUT2D eigenvalue weighted by atomic mass is 9.80. The van der Waals surface area contributed by atoms with Gasteiger partial charge in [-0.05, 0) is 26.9 Å². The summed E-state index contributed by atoms with van der Waals surface area (Å²) in [5, 5.41) is 6.39. The van der Waals surface area contributed by atoms with Gasteiger partial charge in [0.25, 0.3) is 5.56 Å². The van der Waals surface area contributed by atoms with Crippen LogP contribution in [0.15, 0.2) is 17.2 Å². The highest BCUT2D eigenvalue weighted by Gasteiger charge is 2.35. The van der Waals surface area contributed by atoms with E-state index in [2.05, 4.69) is 29.2 Å². The topological polar surface area (TPSA) is 80.2 Å². The maximum Gasteiger partial charge on any atom is 0.341 e. The van der Waals surface area contributed by atoms with Crippen molar-refractivity contribution in [2.75, 3.05) is 21.2 Å². The summed E-state index contributed by atoms with van der Waals surface area (Å²) in [7, 11) is 5.53. The van der Waals surface area contributed by atoms with E-state index >= 15 is 0 Å². The van der Waals surface area contributed by atoms with Crippen molar-refractivity contribution in [3.05, 3.63) is 28.3 Å². The van der Waals surface area contributed by atoms with E-state index in [1.54, 1.807) is 12.4 Å². The molecule has 0 aromatic heterocycles. The zero-order valence-corrected chi connectivity index (χ0v) is 14.5. The summed E-state index contributed by atoms with van der Waals surface area (Å²) in [6, 6.07) is 0. The first-order valence-electron chi connectivity index (χ1n) is 8.31. The molecule has 0 aromatic rings. The smallest absolute Gasteiger partial charge is 0.341 e. The van der Waals surface area contributed by atoms with Crippen LogP contribution in [0.3, 0.4) is 0 Å². The molecule has 0 bridgehead atoms. The van der Waals surface area contributed by atoms with Crippen molar-refractivity contribution < 1.29 is 9.53 Å². The number of fused-ring (bicyclic) bond motifs is 1. The Bertz CT molecular complexity index is 756. The number of carbonyl (C=O) groups is 1. The second-order valence-corrected chi connectivity index (χ2v) is 6.83. The molecule has 0 spiro atoms. The van der Waals surface area contributed by atoms with E-state index < -0.39 is 5.97 Å². The maximum absolute atomic E-state index is 12.1. The van der Waals surface area contributed by atoms with E-state index in [0.29, 0.717) is 16.8 Å². The minimum absolute atomic E-state index is 0.0385. The van der Waals surface area contributed by atoms with E-state index in [4.69, 9.17) is 4.74 Å². The van der Waals surface area contributed by atoms with Crippen molar-refractivity contribution >= 4 is 5.97 Å². The van der Waals surface area contributed by atoms with E-state index in [1.807, 2.05) is 4.57 Å². The summed E-state index contributed by atoms with van der Waals surface area (Å²) in [6.07, 6.45) is 9.40. The number of rotatable bonds is 4. The summed E-state index contributed by atoms with van der Waals surface area (Å²) in [5.41, 5.74) is 0.856. The summed E-state index contributed by atoms with van der Waals surface area (Å²) >= 11 is 0. The van der Waals surface area contributed by atoms with Crippen LogP contribution in [0, 0.1) is 0 Å². The van der Waals surface area contributed by atoms with Gasteiger partial charge >= 0.3 is 5.97 Å². The third-order valence-electron chi connectivity index (χ3n) is 5.23. The quantitative estimate of drug-likeness (QED) is 0.863. The van der Waals surface area contributed by atoms with Crippen LogP contribution in [-0.4, -0.2) is 52.4 Å². The number of carbonyl (C=O) groups excluding carboxylic acids is 1. The fourth-order valence-electron chi connectivity index (χ4n) is 3.74.